The van der Waals surface area contributed by atoms with Crippen LogP contribution >= 0.6 is 0 Å². The van der Waals surface area contributed by atoms with Gasteiger partial charge in [0.15, 0.2) is 0 Å². The van der Waals surface area contributed by atoms with Crippen molar-refractivity contribution in [2.24, 2.45) is 5.92 Å². The number of benzene rings is 1. The number of fused-ring (bicyclic) bond motifs is 1. The van der Waals surface area contributed by atoms with Crippen LogP contribution in [0.25, 0.3) is 0 Å². The van der Waals surface area contributed by atoms with Gasteiger partial charge < -0.3 is 10.4 Å². The molecule has 0 radical (unpaired) electrons. The summed E-state index contributed by atoms with van der Waals surface area (Å²) in [4.78, 5) is 0.374. The summed E-state index contributed by atoms with van der Waals surface area (Å²) in [6.45, 7) is 1.93. The Hall–Kier alpha value is -1.11. The summed E-state index contributed by atoms with van der Waals surface area (Å²) in [5.74, 6) is 0.0732. The summed E-state index contributed by atoms with van der Waals surface area (Å²) < 4.78 is 26.7. The summed E-state index contributed by atoms with van der Waals surface area (Å²) in [7, 11) is -3.42. The zero-order chi connectivity index (χ0) is 14.2. The SMILES string of the molecule is O=S(=O)(c1ccc2c(c1)CCCN2)N1CCC(CO)C1. The van der Waals surface area contributed by atoms with Crippen LogP contribution in [0.5, 0.6) is 0 Å². The zero-order valence-corrected chi connectivity index (χ0v) is 12.2. The number of hydrogen-bond acceptors (Lipinski definition) is 4. The zero-order valence-electron chi connectivity index (χ0n) is 11.4. The van der Waals surface area contributed by atoms with Gasteiger partial charge >= 0.3 is 0 Å². The van der Waals surface area contributed by atoms with E-state index in [0.29, 0.717) is 18.0 Å². The summed E-state index contributed by atoms with van der Waals surface area (Å²) in [5.41, 5.74) is 2.13. The molecule has 1 unspecified atom stereocenters. The number of anilines is 1. The summed E-state index contributed by atoms with van der Waals surface area (Å²) in [5, 5.41) is 12.4. The molecule has 0 saturated carbocycles. The highest BCUT2D eigenvalue weighted by atomic mass is 32.2. The van der Waals surface area contributed by atoms with Crippen molar-refractivity contribution in [1.82, 2.24) is 4.31 Å². The topological polar surface area (TPSA) is 69.6 Å². The third-order valence-electron chi connectivity index (χ3n) is 4.16. The quantitative estimate of drug-likeness (QED) is 0.874. The van der Waals surface area contributed by atoms with Crippen molar-refractivity contribution >= 4 is 15.7 Å². The molecule has 110 valence electrons. The van der Waals surface area contributed by atoms with Gasteiger partial charge in [0, 0.05) is 31.9 Å². The standard InChI is InChI=1S/C14H20N2O3S/c17-10-11-5-7-16(9-11)20(18,19)13-3-4-14-12(8-13)2-1-6-15-14/h3-4,8,11,15,17H,1-2,5-7,9-10H2. The van der Waals surface area contributed by atoms with Crippen LogP contribution in [0, 0.1) is 5.92 Å². The normalized spacial score (nSPS) is 23.4. The average molecular weight is 296 g/mol. The lowest BCUT2D eigenvalue weighted by molar-refractivity contribution is 0.233. The first-order chi connectivity index (χ1) is 9.61. The summed E-state index contributed by atoms with van der Waals surface area (Å²) >= 11 is 0. The smallest absolute Gasteiger partial charge is 0.243 e. The van der Waals surface area contributed by atoms with Crippen molar-refractivity contribution in [2.45, 2.75) is 24.2 Å². The number of hydrogen-bond donors (Lipinski definition) is 2. The predicted octanol–water partition coefficient (Wildman–Crippen LogP) is 1.05. The molecule has 2 N–H and O–H groups in total. The first kappa shape index (κ1) is 13.9. The second-order valence-corrected chi connectivity index (χ2v) is 7.49. The molecule has 2 aliphatic rings. The number of nitrogens with zero attached hydrogens (tertiary/aromatic N) is 1. The molecule has 1 saturated heterocycles. The third kappa shape index (κ3) is 2.43. The monoisotopic (exact) mass is 296 g/mol. The maximum absolute atomic E-state index is 12.6. The Morgan fingerprint density at radius 1 is 1.40 bits per heavy atom. The van der Waals surface area contributed by atoms with Crippen LogP contribution < -0.4 is 5.32 Å². The van der Waals surface area contributed by atoms with Crippen LogP contribution in [-0.2, 0) is 16.4 Å². The maximum atomic E-state index is 12.6. The van der Waals surface area contributed by atoms with Gasteiger partial charge in [0.2, 0.25) is 10.0 Å². The highest BCUT2D eigenvalue weighted by Gasteiger charge is 2.32. The molecule has 0 aromatic heterocycles. The Morgan fingerprint density at radius 2 is 2.25 bits per heavy atom. The molecule has 1 atom stereocenters. The van der Waals surface area contributed by atoms with Gasteiger partial charge in [-0.25, -0.2) is 8.42 Å². The van der Waals surface area contributed by atoms with Gasteiger partial charge in [0.1, 0.15) is 0 Å². The van der Waals surface area contributed by atoms with E-state index in [1.165, 1.54) is 4.31 Å². The lowest BCUT2D eigenvalue weighted by Gasteiger charge is -2.21. The van der Waals surface area contributed by atoms with E-state index in [1.54, 1.807) is 12.1 Å². The molecular weight excluding hydrogens is 276 g/mol. The molecular formula is C14H20N2O3S. The van der Waals surface area contributed by atoms with E-state index in [9.17, 15) is 8.42 Å². The fraction of sp³-hybridized carbons (Fsp3) is 0.571. The van der Waals surface area contributed by atoms with Crippen LogP contribution in [0.3, 0.4) is 0 Å². The van der Waals surface area contributed by atoms with E-state index in [2.05, 4.69) is 5.32 Å². The maximum Gasteiger partial charge on any atom is 0.243 e. The molecule has 0 spiro atoms. The van der Waals surface area contributed by atoms with Gasteiger partial charge in [-0.3, -0.25) is 0 Å². The van der Waals surface area contributed by atoms with E-state index in [-0.39, 0.29) is 12.5 Å². The van der Waals surface area contributed by atoms with Crippen LogP contribution in [-0.4, -0.2) is 44.1 Å². The number of aliphatic hydroxyl groups is 1. The molecule has 5 nitrogen and oxygen atoms in total. The number of aryl methyl sites for hydroxylation is 1. The summed E-state index contributed by atoms with van der Waals surface area (Å²) in [6.07, 6.45) is 2.69. The number of rotatable bonds is 3. The van der Waals surface area contributed by atoms with Crippen molar-refractivity contribution in [1.29, 1.82) is 0 Å². The van der Waals surface area contributed by atoms with Crippen LogP contribution in [0.1, 0.15) is 18.4 Å². The van der Waals surface area contributed by atoms with Gasteiger partial charge in [-0.15, -0.1) is 0 Å². The molecule has 0 aliphatic carbocycles. The Bertz CT molecular complexity index is 600. The van der Waals surface area contributed by atoms with Crippen molar-refractivity contribution in [2.75, 3.05) is 31.6 Å². The van der Waals surface area contributed by atoms with E-state index in [1.807, 2.05) is 6.07 Å². The highest BCUT2D eigenvalue weighted by Crippen LogP contribution is 2.28. The molecule has 1 fully saturated rings. The van der Waals surface area contributed by atoms with Crippen molar-refractivity contribution < 1.29 is 13.5 Å². The van der Waals surface area contributed by atoms with Gasteiger partial charge in [-0.1, -0.05) is 0 Å². The second-order valence-electron chi connectivity index (χ2n) is 5.55. The van der Waals surface area contributed by atoms with E-state index < -0.39 is 10.0 Å². The first-order valence-electron chi connectivity index (χ1n) is 7.09. The Balaban J connectivity index is 1.88. The van der Waals surface area contributed by atoms with Gasteiger partial charge in [0.25, 0.3) is 0 Å². The number of sulfonamides is 1. The molecule has 1 aromatic rings. The second kappa shape index (κ2) is 5.35. The van der Waals surface area contributed by atoms with Crippen molar-refractivity contribution in [3.63, 3.8) is 0 Å². The largest absolute Gasteiger partial charge is 0.396 e. The van der Waals surface area contributed by atoms with E-state index in [0.717, 1.165) is 37.1 Å². The molecule has 20 heavy (non-hydrogen) atoms. The van der Waals surface area contributed by atoms with E-state index in [4.69, 9.17) is 5.11 Å². The number of nitrogens with one attached hydrogen (secondary N) is 1. The molecule has 0 amide bonds. The minimum atomic E-state index is -3.42. The molecule has 1 aromatic carbocycles. The van der Waals surface area contributed by atoms with E-state index >= 15 is 0 Å². The van der Waals surface area contributed by atoms with Crippen LogP contribution in [0.4, 0.5) is 5.69 Å². The molecule has 2 aliphatic heterocycles. The molecule has 0 bridgehead atoms. The van der Waals surface area contributed by atoms with Crippen LogP contribution in [0.15, 0.2) is 23.1 Å². The number of aliphatic hydroxyl groups excluding tert-OH is 1. The minimum absolute atomic E-state index is 0.0557. The Labute approximate surface area is 119 Å². The molecule has 2 heterocycles. The predicted molar refractivity (Wildman–Crippen MR) is 77.2 cm³/mol. The lowest BCUT2D eigenvalue weighted by atomic mass is 10.0. The highest BCUT2D eigenvalue weighted by molar-refractivity contribution is 7.89. The van der Waals surface area contributed by atoms with Crippen LogP contribution in [0.2, 0.25) is 0 Å². The Morgan fingerprint density at radius 3 is 3.00 bits per heavy atom. The minimum Gasteiger partial charge on any atom is -0.396 e. The molecule has 3 rings (SSSR count). The van der Waals surface area contributed by atoms with Gasteiger partial charge in [-0.2, -0.15) is 4.31 Å². The van der Waals surface area contributed by atoms with Crippen molar-refractivity contribution in [3.05, 3.63) is 23.8 Å². The fourth-order valence-corrected chi connectivity index (χ4v) is 4.51. The first-order valence-corrected chi connectivity index (χ1v) is 8.53. The third-order valence-corrected chi connectivity index (χ3v) is 6.02. The molecule has 6 heteroatoms. The average Bonchev–Trinajstić information content (AvgIpc) is 2.96. The fourth-order valence-electron chi connectivity index (χ4n) is 2.93. The summed E-state index contributed by atoms with van der Waals surface area (Å²) in [6, 6.07) is 5.34. The van der Waals surface area contributed by atoms with Gasteiger partial charge in [-0.05, 0) is 48.9 Å². The van der Waals surface area contributed by atoms with Crippen molar-refractivity contribution in [3.8, 4) is 0 Å². The lowest BCUT2D eigenvalue weighted by Crippen LogP contribution is -2.29. The Kier molecular flexibility index (Phi) is 3.70. The van der Waals surface area contributed by atoms with Gasteiger partial charge in [0.05, 0.1) is 4.90 Å².